The van der Waals surface area contributed by atoms with Crippen LogP contribution in [0.15, 0.2) is 45.8 Å². The monoisotopic (exact) mass is 317 g/mol. The molecule has 0 spiro atoms. The molecule has 0 saturated heterocycles. The second-order valence-electron chi connectivity index (χ2n) is 3.75. The zero-order chi connectivity index (χ0) is 13.2. The highest BCUT2D eigenvalue weighted by molar-refractivity contribution is 9.10. The van der Waals surface area contributed by atoms with Gasteiger partial charge in [0.15, 0.2) is 0 Å². The van der Waals surface area contributed by atoms with Crippen molar-refractivity contribution in [2.45, 2.75) is 0 Å². The Morgan fingerprint density at radius 3 is 2.84 bits per heavy atom. The number of anilines is 1. The lowest BCUT2D eigenvalue weighted by molar-refractivity contribution is 0.432. The van der Waals surface area contributed by atoms with Crippen molar-refractivity contribution in [1.82, 2.24) is 20.1 Å². The van der Waals surface area contributed by atoms with E-state index in [1.807, 2.05) is 12.1 Å². The largest absolute Gasteiger partial charge is 0.398 e. The molecule has 2 heterocycles. The van der Waals surface area contributed by atoms with Gasteiger partial charge in [-0.3, -0.25) is 4.98 Å². The van der Waals surface area contributed by atoms with Gasteiger partial charge in [-0.25, -0.2) is 4.98 Å². The van der Waals surface area contributed by atoms with Crippen LogP contribution in [-0.2, 0) is 0 Å². The van der Waals surface area contributed by atoms with Crippen LogP contribution in [0.25, 0.3) is 23.0 Å². The summed E-state index contributed by atoms with van der Waals surface area (Å²) < 4.78 is 6.02. The number of aromatic nitrogens is 4. The Kier molecular flexibility index (Phi) is 2.96. The summed E-state index contributed by atoms with van der Waals surface area (Å²) >= 11 is 3.33. The molecule has 2 aromatic heterocycles. The minimum atomic E-state index is 0.389. The Morgan fingerprint density at radius 1 is 1.21 bits per heavy atom. The van der Waals surface area contributed by atoms with E-state index in [0.717, 1.165) is 10.0 Å². The first-order chi connectivity index (χ1) is 9.24. The molecule has 0 aliphatic carbocycles. The SMILES string of the molecule is Nc1cc(-c2nc(-c3cnccn3)no2)ccc1Br. The van der Waals surface area contributed by atoms with Crippen LogP contribution in [-0.4, -0.2) is 20.1 Å². The number of hydrogen-bond donors (Lipinski definition) is 1. The molecule has 6 nitrogen and oxygen atoms in total. The molecule has 0 saturated carbocycles. The van der Waals surface area contributed by atoms with E-state index in [-0.39, 0.29) is 0 Å². The summed E-state index contributed by atoms with van der Waals surface area (Å²) in [4.78, 5) is 12.3. The molecule has 19 heavy (non-hydrogen) atoms. The van der Waals surface area contributed by atoms with Gasteiger partial charge in [0, 0.05) is 28.1 Å². The fourth-order valence-electron chi connectivity index (χ4n) is 1.54. The van der Waals surface area contributed by atoms with Gasteiger partial charge in [-0.05, 0) is 34.1 Å². The third-order valence-electron chi connectivity index (χ3n) is 2.46. The highest BCUT2D eigenvalue weighted by Gasteiger charge is 2.12. The summed E-state index contributed by atoms with van der Waals surface area (Å²) in [6.45, 7) is 0. The van der Waals surface area contributed by atoms with Crippen molar-refractivity contribution in [3.05, 3.63) is 41.3 Å². The van der Waals surface area contributed by atoms with E-state index in [1.165, 1.54) is 0 Å². The van der Waals surface area contributed by atoms with E-state index >= 15 is 0 Å². The van der Waals surface area contributed by atoms with Gasteiger partial charge < -0.3 is 10.3 Å². The fraction of sp³-hybridized carbons (Fsp3) is 0. The average molecular weight is 318 g/mol. The zero-order valence-corrected chi connectivity index (χ0v) is 11.2. The van der Waals surface area contributed by atoms with Crippen LogP contribution in [0.2, 0.25) is 0 Å². The molecule has 0 unspecified atom stereocenters. The van der Waals surface area contributed by atoms with E-state index in [2.05, 4.69) is 36.0 Å². The minimum absolute atomic E-state index is 0.389. The van der Waals surface area contributed by atoms with Crippen LogP contribution in [0, 0.1) is 0 Å². The van der Waals surface area contributed by atoms with Crippen molar-refractivity contribution in [1.29, 1.82) is 0 Å². The topological polar surface area (TPSA) is 90.7 Å². The predicted molar refractivity (Wildman–Crippen MR) is 72.9 cm³/mol. The molecule has 0 aliphatic heterocycles. The number of benzene rings is 1. The summed E-state index contributed by atoms with van der Waals surface area (Å²) in [5.74, 6) is 0.782. The molecular formula is C12H8BrN5O. The Morgan fingerprint density at radius 2 is 2.11 bits per heavy atom. The molecule has 2 N–H and O–H groups in total. The maximum atomic E-state index is 5.82. The van der Waals surface area contributed by atoms with Gasteiger partial charge in [0.05, 0.1) is 6.20 Å². The van der Waals surface area contributed by atoms with Crippen LogP contribution >= 0.6 is 15.9 Å². The van der Waals surface area contributed by atoms with Gasteiger partial charge in [0.1, 0.15) is 5.69 Å². The average Bonchev–Trinajstić information content (AvgIpc) is 2.93. The van der Waals surface area contributed by atoms with Crippen LogP contribution in [0.1, 0.15) is 0 Å². The van der Waals surface area contributed by atoms with Gasteiger partial charge in [-0.15, -0.1) is 0 Å². The lowest BCUT2D eigenvalue weighted by atomic mass is 10.2. The second-order valence-corrected chi connectivity index (χ2v) is 4.60. The Hall–Kier alpha value is -2.28. The third-order valence-corrected chi connectivity index (χ3v) is 3.18. The maximum Gasteiger partial charge on any atom is 0.258 e. The molecule has 0 amide bonds. The van der Waals surface area contributed by atoms with Gasteiger partial charge in [-0.1, -0.05) is 5.16 Å². The van der Waals surface area contributed by atoms with Crippen molar-refractivity contribution in [2.75, 3.05) is 5.73 Å². The lowest BCUT2D eigenvalue weighted by Crippen LogP contribution is -1.88. The molecular weight excluding hydrogens is 310 g/mol. The van der Waals surface area contributed by atoms with Crippen LogP contribution < -0.4 is 5.73 Å². The quantitative estimate of drug-likeness (QED) is 0.730. The lowest BCUT2D eigenvalue weighted by Gasteiger charge is -1.99. The number of nitrogen functional groups attached to an aromatic ring is 1. The highest BCUT2D eigenvalue weighted by Crippen LogP contribution is 2.27. The van der Waals surface area contributed by atoms with Crippen molar-refractivity contribution < 1.29 is 4.52 Å². The summed E-state index contributed by atoms with van der Waals surface area (Å²) in [7, 11) is 0. The molecule has 7 heteroatoms. The maximum absolute atomic E-state index is 5.82. The molecule has 0 aliphatic rings. The predicted octanol–water partition coefficient (Wildman–Crippen LogP) is 2.54. The zero-order valence-electron chi connectivity index (χ0n) is 9.62. The van der Waals surface area contributed by atoms with Gasteiger partial charge in [-0.2, -0.15) is 4.98 Å². The molecule has 0 radical (unpaired) electrons. The smallest absolute Gasteiger partial charge is 0.258 e. The fourth-order valence-corrected chi connectivity index (χ4v) is 1.78. The van der Waals surface area contributed by atoms with Crippen molar-refractivity contribution in [3.8, 4) is 23.0 Å². The van der Waals surface area contributed by atoms with E-state index in [1.54, 1.807) is 24.7 Å². The summed E-state index contributed by atoms with van der Waals surface area (Å²) in [5, 5.41) is 3.87. The summed E-state index contributed by atoms with van der Waals surface area (Å²) in [6, 6.07) is 5.43. The van der Waals surface area contributed by atoms with Crippen molar-refractivity contribution >= 4 is 21.6 Å². The Balaban J connectivity index is 1.99. The van der Waals surface area contributed by atoms with Crippen molar-refractivity contribution in [2.24, 2.45) is 0 Å². The normalized spacial score (nSPS) is 10.6. The number of nitrogens with zero attached hydrogens (tertiary/aromatic N) is 4. The molecule has 0 bridgehead atoms. The van der Waals surface area contributed by atoms with E-state index in [4.69, 9.17) is 10.3 Å². The Labute approximate surface area is 116 Å². The minimum Gasteiger partial charge on any atom is -0.398 e. The van der Waals surface area contributed by atoms with Gasteiger partial charge in [0.25, 0.3) is 5.89 Å². The summed E-state index contributed by atoms with van der Waals surface area (Å²) in [6.07, 6.45) is 4.73. The highest BCUT2D eigenvalue weighted by atomic mass is 79.9. The van der Waals surface area contributed by atoms with E-state index in [0.29, 0.717) is 23.1 Å². The second kappa shape index (κ2) is 4.77. The molecule has 94 valence electrons. The van der Waals surface area contributed by atoms with Crippen LogP contribution in [0.4, 0.5) is 5.69 Å². The van der Waals surface area contributed by atoms with E-state index < -0.39 is 0 Å². The third kappa shape index (κ3) is 2.32. The molecule has 0 fully saturated rings. The Bertz CT molecular complexity index is 713. The first-order valence-corrected chi connectivity index (χ1v) is 6.19. The molecule has 3 aromatic rings. The van der Waals surface area contributed by atoms with Crippen LogP contribution in [0.5, 0.6) is 0 Å². The number of rotatable bonds is 2. The van der Waals surface area contributed by atoms with Gasteiger partial charge >= 0.3 is 0 Å². The number of hydrogen-bond acceptors (Lipinski definition) is 6. The number of nitrogens with two attached hydrogens (primary N) is 1. The molecule has 3 rings (SSSR count). The first-order valence-electron chi connectivity index (χ1n) is 5.39. The molecule has 0 atom stereocenters. The van der Waals surface area contributed by atoms with Crippen LogP contribution in [0.3, 0.4) is 0 Å². The number of halogens is 1. The first kappa shape index (κ1) is 11.8. The summed E-state index contributed by atoms with van der Waals surface area (Å²) in [5.41, 5.74) is 7.74. The van der Waals surface area contributed by atoms with Gasteiger partial charge in [0.2, 0.25) is 5.82 Å². The standard InChI is InChI=1S/C12H8BrN5O/c13-8-2-1-7(5-9(8)14)12-17-11(18-19-12)10-6-15-3-4-16-10/h1-6H,14H2. The van der Waals surface area contributed by atoms with E-state index in [9.17, 15) is 0 Å². The molecule has 1 aromatic carbocycles. The van der Waals surface area contributed by atoms with Crippen molar-refractivity contribution in [3.63, 3.8) is 0 Å².